The van der Waals surface area contributed by atoms with Gasteiger partial charge < -0.3 is 29.9 Å². The van der Waals surface area contributed by atoms with Crippen molar-refractivity contribution in [3.05, 3.63) is 81.7 Å². The minimum Gasteiger partial charge on any atom is -0.496 e. The van der Waals surface area contributed by atoms with E-state index in [-0.39, 0.29) is 17.3 Å². The maximum atomic E-state index is 15.2. The van der Waals surface area contributed by atoms with Crippen LogP contribution in [0.1, 0.15) is 56.9 Å². The van der Waals surface area contributed by atoms with Gasteiger partial charge in [0, 0.05) is 67.1 Å². The Morgan fingerprint density at radius 1 is 0.981 bits per heavy atom. The smallest absolute Gasteiger partial charge is 0.259 e. The number of carbonyl (C=O) groups is 1. The van der Waals surface area contributed by atoms with Crippen LogP contribution in [0.25, 0.3) is 21.9 Å². The highest BCUT2D eigenvalue weighted by Gasteiger charge is 2.28. The summed E-state index contributed by atoms with van der Waals surface area (Å²) in [6.45, 7) is 4.43. The summed E-state index contributed by atoms with van der Waals surface area (Å²) >= 11 is 6.94. The molecule has 2 unspecified atom stereocenters. The molecule has 3 N–H and O–H groups in total. The van der Waals surface area contributed by atoms with E-state index in [1.165, 1.54) is 18.9 Å². The zero-order valence-electron chi connectivity index (χ0n) is 29.9. The minimum absolute atomic E-state index is 0.0870. The third-order valence-electron chi connectivity index (χ3n) is 11.3. The third-order valence-corrected chi connectivity index (χ3v) is 11.7. The van der Waals surface area contributed by atoms with Crippen molar-refractivity contribution in [3.63, 3.8) is 0 Å². The van der Waals surface area contributed by atoms with Crippen molar-refractivity contribution in [2.24, 2.45) is 18.9 Å². The van der Waals surface area contributed by atoms with Gasteiger partial charge in [-0.05, 0) is 111 Å². The van der Waals surface area contributed by atoms with Crippen LogP contribution in [0.3, 0.4) is 0 Å². The van der Waals surface area contributed by atoms with Gasteiger partial charge in [-0.25, -0.2) is 4.39 Å². The number of anilines is 2. The number of aromatic nitrogens is 2. The molecule has 2 aromatic heterocycles. The van der Waals surface area contributed by atoms with Gasteiger partial charge in [-0.15, -0.1) is 0 Å². The predicted molar refractivity (Wildman–Crippen MR) is 203 cm³/mol. The number of halogens is 2. The van der Waals surface area contributed by atoms with E-state index in [9.17, 15) is 14.7 Å². The first-order chi connectivity index (χ1) is 25.2. The average Bonchev–Trinajstić information content (AvgIpc) is 3.15. The van der Waals surface area contributed by atoms with E-state index >= 15 is 4.39 Å². The van der Waals surface area contributed by atoms with Crippen LogP contribution in [0.2, 0.25) is 5.02 Å². The highest BCUT2D eigenvalue weighted by molar-refractivity contribution is 6.32. The Labute approximate surface area is 308 Å². The highest BCUT2D eigenvalue weighted by Crippen LogP contribution is 2.38. The van der Waals surface area contributed by atoms with E-state index in [4.69, 9.17) is 16.3 Å². The van der Waals surface area contributed by atoms with Crippen LogP contribution in [0.5, 0.6) is 5.75 Å². The average molecular weight is 731 g/mol. The Morgan fingerprint density at radius 2 is 1.71 bits per heavy atom. The molecule has 3 aliphatic heterocycles. The van der Waals surface area contributed by atoms with Crippen molar-refractivity contribution in [1.29, 1.82) is 0 Å². The molecule has 1 amide bonds. The number of pyridine rings is 2. The van der Waals surface area contributed by atoms with E-state index < -0.39 is 12.3 Å². The summed E-state index contributed by atoms with van der Waals surface area (Å²) in [6, 6.07) is 10.5. The fraction of sp³-hybridized carbons (Fsp3) is 0.475. The summed E-state index contributed by atoms with van der Waals surface area (Å²) in [5, 5.41) is 17.3. The Kier molecular flexibility index (Phi) is 11.0. The molecule has 3 saturated heterocycles. The van der Waals surface area contributed by atoms with Crippen LogP contribution in [-0.4, -0.2) is 71.0 Å². The van der Waals surface area contributed by atoms with Gasteiger partial charge in [0.2, 0.25) is 5.91 Å². The lowest BCUT2D eigenvalue weighted by Gasteiger charge is -2.36. The monoisotopic (exact) mass is 730 g/mol. The summed E-state index contributed by atoms with van der Waals surface area (Å²) in [7, 11) is 3.42. The summed E-state index contributed by atoms with van der Waals surface area (Å²) in [5.41, 5.74) is 3.88. The normalized spacial score (nSPS) is 20.6. The molecular weight excluding hydrogens is 683 g/mol. The molecule has 5 heterocycles. The quantitative estimate of drug-likeness (QED) is 0.174. The number of methoxy groups -OCH3 is 1. The molecule has 0 aliphatic carbocycles. The van der Waals surface area contributed by atoms with E-state index in [1.807, 2.05) is 36.5 Å². The van der Waals surface area contributed by atoms with Crippen molar-refractivity contribution in [2.45, 2.75) is 70.2 Å². The zero-order valence-corrected chi connectivity index (χ0v) is 30.7. The molecule has 0 radical (unpaired) electrons. The summed E-state index contributed by atoms with van der Waals surface area (Å²) in [4.78, 5) is 33.6. The minimum atomic E-state index is -0.811. The molecule has 2 atom stereocenters. The van der Waals surface area contributed by atoms with Gasteiger partial charge in [-0.2, -0.15) is 0 Å². The number of aliphatic hydroxyl groups is 1. The molecule has 0 bridgehead atoms. The lowest BCUT2D eigenvalue weighted by Crippen LogP contribution is -2.49. The zero-order chi connectivity index (χ0) is 36.4. The summed E-state index contributed by atoms with van der Waals surface area (Å²) in [6.07, 6.45) is 12.2. The molecule has 3 fully saturated rings. The Hall–Kier alpha value is -4.19. The van der Waals surface area contributed by atoms with Crippen molar-refractivity contribution < 1.29 is 19.0 Å². The maximum Gasteiger partial charge on any atom is 0.259 e. The molecule has 0 saturated carbocycles. The number of benzene rings is 2. The number of hydrogen-bond acceptors (Lipinski definition) is 8. The molecule has 3 aliphatic rings. The number of aryl methyl sites for hydroxylation is 1. The Bertz CT molecular complexity index is 1970. The van der Waals surface area contributed by atoms with Crippen molar-refractivity contribution in [1.82, 2.24) is 19.8 Å². The first-order valence-electron chi connectivity index (χ1n) is 18.5. The number of likely N-dealkylation sites (tertiary alicyclic amines) is 1. The number of nitrogens with one attached hydrogen (secondary N) is 2. The molecule has 12 heteroatoms. The number of piperidine rings is 3. The number of hydrogen-bond donors (Lipinski definition) is 3. The second kappa shape index (κ2) is 15.8. The number of fused-ring (bicyclic) bond motifs is 1. The van der Waals surface area contributed by atoms with Crippen molar-refractivity contribution in [3.8, 4) is 16.9 Å². The lowest BCUT2D eigenvalue weighted by atomic mass is 9.85. The molecular formula is C40H48ClFN6O4. The van der Waals surface area contributed by atoms with Crippen LogP contribution >= 0.6 is 11.6 Å². The highest BCUT2D eigenvalue weighted by atomic mass is 35.5. The summed E-state index contributed by atoms with van der Waals surface area (Å²) in [5.74, 6) is 1.55. The SMILES string of the molecule is COc1cc(-c2cn(C)c(=O)c3cnccc23)cc(Cl)c1CN1CCC(CCC2CCN(c3ccc(NC4CCC(O)NC4=O)cc3F)CC2)CC1. The largest absolute Gasteiger partial charge is 0.496 e. The van der Waals surface area contributed by atoms with Crippen LogP contribution in [0.4, 0.5) is 15.8 Å². The fourth-order valence-corrected chi connectivity index (χ4v) is 8.49. The van der Waals surface area contributed by atoms with E-state index in [0.717, 1.165) is 86.2 Å². The van der Waals surface area contributed by atoms with Gasteiger partial charge in [0.1, 0.15) is 23.8 Å². The van der Waals surface area contributed by atoms with Crippen LogP contribution in [0, 0.1) is 17.7 Å². The van der Waals surface area contributed by atoms with Crippen molar-refractivity contribution >= 4 is 39.7 Å². The maximum absolute atomic E-state index is 15.2. The van der Waals surface area contributed by atoms with E-state index in [0.29, 0.717) is 46.5 Å². The Morgan fingerprint density at radius 3 is 2.40 bits per heavy atom. The molecule has 0 spiro atoms. The summed E-state index contributed by atoms with van der Waals surface area (Å²) < 4.78 is 22.6. The number of amides is 1. The van der Waals surface area contributed by atoms with E-state index in [2.05, 4.69) is 25.4 Å². The standard InChI is InChI=1S/C40H48ClFN6O4/c1-46-23-31(29-9-14-43-22-30(29)40(46)51)27-19-33(41)32(37(20-27)52-2)24-47-15-10-25(11-16-47)3-4-26-12-17-48(18-13-26)36-7-5-28(21-34(36)42)44-35-6-8-38(49)45-39(35)50/h5,7,9,14,19-23,25-26,35,38,44,49H,3-4,6,8,10-13,15-18,24H2,1-2H3,(H,45,50). The number of aliphatic hydroxyl groups excluding tert-OH is 1. The third kappa shape index (κ3) is 7.91. The van der Waals surface area contributed by atoms with Gasteiger partial charge >= 0.3 is 0 Å². The van der Waals surface area contributed by atoms with Gasteiger partial charge in [0.25, 0.3) is 5.56 Å². The van der Waals surface area contributed by atoms with Crippen LogP contribution in [0.15, 0.2) is 59.8 Å². The van der Waals surface area contributed by atoms with Gasteiger partial charge in [-0.3, -0.25) is 19.5 Å². The van der Waals surface area contributed by atoms with Crippen LogP contribution in [-0.2, 0) is 18.4 Å². The number of nitrogens with zero attached hydrogens (tertiary/aromatic N) is 4. The fourth-order valence-electron chi connectivity index (χ4n) is 8.22. The first kappa shape index (κ1) is 36.2. The van der Waals surface area contributed by atoms with Gasteiger partial charge in [0.05, 0.1) is 18.2 Å². The molecule has 4 aromatic rings. The molecule has 10 nitrogen and oxygen atoms in total. The lowest BCUT2D eigenvalue weighted by molar-refractivity contribution is -0.127. The molecule has 52 heavy (non-hydrogen) atoms. The number of carbonyl (C=O) groups excluding carboxylic acids is 1. The second-order valence-corrected chi connectivity index (χ2v) is 15.1. The van der Waals surface area contributed by atoms with Crippen LogP contribution < -0.4 is 25.8 Å². The van der Waals surface area contributed by atoms with Crippen molar-refractivity contribution in [2.75, 3.05) is 43.5 Å². The van der Waals surface area contributed by atoms with Gasteiger partial charge in [0.15, 0.2) is 0 Å². The first-order valence-corrected chi connectivity index (χ1v) is 18.9. The molecule has 2 aromatic carbocycles. The number of ether oxygens (including phenoxy) is 1. The number of rotatable bonds is 10. The molecule has 7 rings (SSSR count). The second-order valence-electron chi connectivity index (χ2n) is 14.7. The van der Waals surface area contributed by atoms with E-state index in [1.54, 1.807) is 31.1 Å². The Balaban J connectivity index is 0.882. The topological polar surface area (TPSA) is 112 Å². The molecule has 276 valence electrons. The predicted octanol–water partition coefficient (Wildman–Crippen LogP) is 6.32. The van der Waals surface area contributed by atoms with Gasteiger partial charge in [-0.1, -0.05) is 24.4 Å².